The molecular weight excluding hydrogens is 1310 g/mol. The molecule has 568 valence electrons. The van der Waals surface area contributed by atoms with Gasteiger partial charge in [0.2, 0.25) is 0 Å². The maximum absolute atomic E-state index is 13.0. The summed E-state index contributed by atoms with van der Waals surface area (Å²) < 4.78 is 61.0. The predicted molar refractivity (Wildman–Crippen MR) is 417 cm³/mol. The quantitative estimate of drug-likeness (QED) is 0.0146. The van der Waals surface area contributed by atoms with E-state index in [1.807, 2.05) is 0 Å². The number of unbranched alkanes of at least 4 members (excludes halogenated alkanes) is 11. The molecule has 0 heterocycles. The molecule has 18 heteroatoms. The van der Waals surface area contributed by atoms with Crippen LogP contribution in [0.5, 0.6) is 0 Å². The van der Waals surface area contributed by atoms with Crippen LogP contribution in [0.25, 0.3) is 0 Å². The number of phosphoric ester groups is 2. The number of ether oxygens (including phenoxy) is 3. The van der Waals surface area contributed by atoms with Gasteiger partial charge in [-0.2, -0.15) is 0 Å². The molecule has 0 saturated heterocycles. The molecule has 0 fully saturated rings. The van der Waals surface area contributed by atoms with Gasteiger partial charge in [0.1, 0.15) is 25.4 Å². The summed E-state index contributed by atoms with van der Waals surface area (Å²) in [5, 5.41) is 20.6. The van der Waals surface area contributed by atoms with Crippen LogP contribution in [-0.4, -0.2) is 95.9 Å². The zero-order valence-electron chi connectivity index (χ0n) is 61.7. The number of esters is 3. The second-order valence-corrected chi connectivity index (χ2v) is 26.9. The van der Waals surface area contributed by atoms with Crippen LogP contribution in [0.1, 0.15) is 239 Å². The van der Waals surface area contributed by atoms with Crippen molar-refractivity contribution in [3.8, 4) is 0 Å². The summed E-state index contributed by atoms with van der Waals surface area (Å²) >= 11 is 0. The lowest BCUT2D eigenvalue weighted by molar-refractivity contribution is -0.161. The summed E-state index contributed by atoms with van der Waals surface area (Å²) in [5.74, 6) is -1.69. The van der Waals surface area contributed by atoms with E-state index in [1.165, 1.54) is 0 Å². The van der Waals surface area contributed by atoms with Gasteiger partial charge in [-0.25, -0.2) is 9.13 Å². The average molecular weight is 1450 g/mol. The summed E-state index contributed by atoms with van der Waals surface area (Å²) in [6.07, 6.45) is 97.2. The molecule has 0 rings (SSSR count). The third-order valence-corrected chi connectivity index (χ3v) is 16.4. The van der Waals surface area contributed by atoms with E-state index in [-0.39, 0.29) is 19.3 Å². The number of aliphatic hydroxyl groups excluding tert-OH is 2. The van der Waals surface area contributed by atoms with Crippen molar-refractivity contribution < 1.29 is 75.8 Å². The van der Waals surface area contributed by atoms with Crippen molar-refractivity contribution in [3.63, 3.8) is 0 Å². The van der Waals surface area contributed by atoms with Crippen LogP contribution in [0.15, 0.2) is 207 Å². The molecule has 0 aromatic rings. The first-order valence-electron chi connectivity index (χ1n) is 37.4. The Morgan fingerprint density at radius 3 is 0.802 bits per heavy atom. The SMILES string of the molecule is CC/C=C\C/C=C\C/C=C\C/C=C\C/C=C\C/C=C\CCCCCCC(=O)OCC(O)COP(=O)(O)OCC(O)COP(=O)(O)OCC(COC(=O)CCCC/C=C\C/C=C\C/C=C\C/C=C\C/C=C\C/C=C\CC)OC(=O)CCCCCCC/C=C\C/C=C\C/C=C\C/C=C\C/C=C\CC. The molecule has 5 atom stereocenters. The molecule has 0 aliphatic carbocycles. The molecule has 101 heavy (non-hydrogen) atoms. The zero-order valence-corrected chi connectivity index (χ0v) is 63.5. The van der Waals surface area contributed by atoms with Crippen LogP contribution >= 0.6 is 15.6 Å². The average Bonchev–Trinajstić information content (AvgIpc) is 0.951. The first kappa shape index (κ1) is 95.1. The summed E-state index contributed by atoms with van der Waals surface area (Å²) in [5.41, 5.74) is 0. The monoisotopic (exact) mass is 1440 g/mol. The highest BCUT2D eigenvalue weighted by molar-refractivity contribution is 7.47. The molecule has 0 radical (unpaired) electrons. The number of carbonyl (C=O) groups is 3. The Kier molecular flexibility index (Phi) is 69.6. The van der Waals surface area contributed by atoms with Gasteiger partial charge in [0, 0.05) is 19.3 Å². The van der Waals surface area contributed by atoms with Crippen LogP contribution in [0.3, 0.4) is 0 Å². The lowest BCUT2D eigenvalue weighted by atomic mass is 10.1. The maximum atomic E-state index is 13.0. The summed E-state index contributed by atoms with van der Waals surface area (Å²) in [6.45, 7) is 2.19. The molecule has 0 amide bonds. The van der Waals surface area contributed by atoms with Gasteiger partial charge in [0.15, 0.2) is 6.10 Å². The fourth-order valence-corrected chi connectivity index (χ4v) is 10.5. The molecule has 4 N–H and O–H groups in total. The third kappa shape index (κ3) is 75.1. The zero-order chi connectivity index (χ0) is 73.7. The van der Waals surface area contributed by atoms with Crippen molar-refractivity contribution >= 4 is 33.6 Å². The van der Waals surface area contributed by atoms with E-state index < -0.39 is 91.5 Å². The first-order chi connectivity index (χ1) is 49.2. The normalized spacial score (nSPS) is 15.2. The summed E-state index contributed by atoms with van der Waals surface area (Å²) in [4.78, 5) is 58.6. The first-order valence-corrected chi connectivity index (χ1v) is 40.4. The number of aliphatic hydroxyl groups is 2. The fraction of sp³-hybridized carbons (Fsp3) is 0.554. The van der Waals surface area contributed by atoms with Crippen LogP contribution in [0.2, 0.25) is 0 Å². The van der Waals surface area contributed by atoms with E-state index in [0.717, 1.165) is 180 Å². The minimum atomic E-state index is -4.96. The Balaban J connectivity index is 4.83. The molecule has 16 nitrogen and oxygen atoms in total. The Morgan fingerprint density at radius 2 is 0.495 bits per heavy atom. The van der Waals surface area contributed by atoms with Gasteiger partial charge in [-0.1, -0.05) is 259 Å². The summed E-state index contributed by atoms with van der Waals surface area (Å²) in [7, 11) is -9.84. The van der Waals surface area contributed by atoms with Crippen LogP contribution in [0.4, 0.5) is 0 Å². The number of hydrogen-bond acceptors (Lipinski definition) is 14. The van der Waals surface area contributed by atoms with Crippen LogP contribution in [-0.2, 0) is 55.8 Å². The molecule has 0 aliphatic rings. The Morgan fingerprint density at radius 1 is 0.277 bits per heavy atom. The second-order valence-electron chi connectivity index (χ2n) is 23.9. The number of hydrogen-bond donors (Lipinski definition) is 4. The minimum Gasteiger partial charge on any atom is -0.463 e. The van der Waals surface area contributed by atoms with Gasteiger partial charge in [-0.3, -0.25) is 32.5 Å². The number of phosphoric acid groups is 2. The van der Waals surface area contributed by atoms with E-state index in [4.69, 9.17) is 32.3 Å². The highest BCUT2D eigenvalue weighted by Crippen LogP contribution is 2.45. The summed E-state index contributed by atoms with van der Waals surface area (Å²) in [6, 6.07) is 0. The van der Waals surface area contributed by atoms with Crippen molar-refractivity contribution in [2.45, 2.75) is 257 Å². The lowest BCUT2D eigenvalue weighted by Gasteiger charge is -2.21. The molecule has 0 bridgehead atoms. The van der Waals surface area contributed by atoms with E-state index in [0.29, 0.717) is 19.3 Å². The highest BCUT2D eigenvalue weighted by Gasteiger charge is 2.29. The van der Waals surface area contributed by atoms with Crippen LogP contribution < -0.4 is 0 Å². The van der Waals surface area contributed by atoms with Crippen molar-refractivity contribution in [1.82, 2.24) is 0 Å². The van der Waals surface area contributed by atoms with Crippen molar-refractivity contribution in [1.29, 1.82) is 0 Å². The van der Waals surface area contributed by atoms with E-state index >= 15 is 0 Å². The molecule has 0 aromatic carbocycles. The lowest BCUT2D eigenvalue weighted by Crippen LogP contribution is -2.30. The number of carbonyl (C=O) groups excluding carboxylic acids is 3. The van der Waals surface area contributed by atoms with E-state index in [9.17, 15) is 43.5 Å². The molecule has 0 aromatic heterocycles. The van der Waals surface area contributed by atoms with Crippen molar-refractivity contribution in [2.75, 3.05) is 39.6 Å². The van der Waals surface area contributed by atoms with Gasteiger partial charge in [-0.05, 0) is 167 Å². The van der Waals surface area contributed by atoms with E-state index in [1.54, 1.807) is 0 Å². The third-order valence-electron chi connectivity index (χ3n) is 14.5. The second kappa shape index (κ2) is 73.9. The van der Waals surface area contributed by atoms with Gasteiger partial charge in [0.25, 0.3) is 0 Å². The largest absolute Gasteiger partial charge is 0.472 e. The Labute approximate surface area is 609 Å². The molecule has 0 aliphatic heterocycles. The Bertz CT molecular complexity index is 2660. The molecular formula is C83H130O16P2. The Hall–Kier alpha value is -5.87. The molecule has 0 saturated carbocycles. The van der Waals surface area contributed by atoms with Crippen LogP contribution in [0, 0.1) is 0 Å². The van der Waals surface area contributed by atoms with Gasteiger partial charge >= 0.3 is 33.6 Å². The van der Waals surface area contributed by atoms with E-state index in [2.05, 4.69) is 227 Å². The minimum absolute atomic E-state index is 0.0618. The predicted octanol–water partition coefficient (Wildman–Crippen LogP) is 21.8. The number of rotatable bonds is 68. The van der Waals surface area contributed by atoms with Gasteiger partial charge in [-0.15, -0.1) is 0 Å². The maximum Gasteiger partial charge on any atom is 0.472 e. The highest BCUT2D eigenvalue weighted by atomic mass is 31.2. The van der Waals surface area contributed by atoms with Gasteiger partial charge < -0.3 is 34.2 Å². The van der Waals surface area contributed by atoms with Crippen molar-refractivity contribution in [2.24, 2.45) is 0 Å². The smallest absolute Gasteiger partial charge is 0.463 e. The molecule has 0 spiro atoms. The van der Waals surface area contributed by atoms with Gasteiger partial charge in [0.05, 0.1) is 26.4 Å². The fourth-order valence-electron chi connectivity index (χ4n) is 8.90. The topological polar surface area (TPSA) is 231 Å². The number of allylic oxidation sites excluding steroid dienone is 34. The molecule has 5 unspecified atom stereocenters. The van der Waals surface area contributed by atoms with Crippen molar-refractivity contribution in [3.05, 3.63) is 207 Å². The standard InChI is InChI=1S/C83H130O16P2/c1-4-7-10-13-16-19-22-25-28-31-34-37-38-41-43-45-48-51-54-57-60-63-66-69-81(86)93-72-78(84)73-95-100(89,90)96-74-79(85)75-97-101(91,92)98-77-80(99-83(88)71-68-65-62-59-56-53-50-47-44-40-36-33-30-27-24-21-18-15-12-9-6-3)76-94-82(87)70-67-64-61-58-55-52-49-46-42-39-35-32-29-26-23-20-17-14-11-8-5-2/h7-12,16-21,25-30,34-37,39-41,43,46-51,55,58,78-80,84-85H,4-6,13-15,22-24,31-33,38,42,44-45,52-54,56-57,59-77H2,1-3H3,(H,89,90)(H,91,92)/b10-7-,11-8-,12-9-,19-16-,20-17-,21-18-,28-25-,29-26-,30-27-,37-34-,39-35-,40-36-,43-41-,49-46-,50-47-,51-48-,58-55-.